The fraction of sp³-hybridized carbons (Fsp3) is 0.429. The van der Waals surface area contributed by atoms with Crippen LogP contribution in [0.5, 0.6) is 11.5 Å². The second-order valence-corrected chi connectivity index (χ2v) is 20.8. The molecule has 0 unspecified atom stereocenters. The first-order valence-corrected chi connectivity index (χ1v) is 25.8. The zero-order valence-corrected chi connectivity index (χ0v) is 46.8. The van der Waals surface area contributed by atoms with Crippen LogP contribution in [0.4, 0.5) is 11.4 Å². The van der Waals surface area contributed by atoms with Gasteiger partial charge in [-0.15, -0.1) is 13.2 Å². The van der Waals surface area contributed by atoms with Crippen molar-refractivity contribution in [1.29, 1.82) is 0 Å². The Morgan fingerprint density at radius 3 is 1.34 bits per heavy atom. The number of anilines is 2. The van der Waals surface area contributed by atoms with E-state index in [0.717, 1.165) is 0 Å². The number of aryl methyl sites for hydroxylation is 2. The number of nitrogens with zero attached hydrogens (tertiary/aromatic N) is 8. The van der Waals surface area contributed by atoms with E-state index in [1.54, 1.807) is 61.0 Å². The van der Waals surface area contributed by atoms with Crippen LogP contribution in [-0.4, -0.2) is 117 Å². The topological polar surface area (TPSA) is 191 Å². The first-order valence-electron chi connectivity index (χ1n) is 25.1. The third kappa shape index (κ3) is 11.9. The Balaban J connectivity index is 0.000000221. The molecule has 0 N–H and O–H groups in total. The summed E-state index contributed by atoms with van der Waals surface area (Å²) in [6.45, 7) is 32.6. The monoisotopic (exact) mass is 1080 g/mol. The van der Waals surface area contributed by atoms with Crippen LogP contribution in [0.25, 0.3) is 33.8 Å². The first kappa shape index (κ1) is 56.9. The van der Waals surface area contributed by atoms with E-state index in [4.69, 9.17) is 51.6 Å². The number of Topliss-reactive ketones (excluding diaryl/α,β-unsaturated/α-hetero) is 2. The number of hydrogen-bond donors (Lipinski definition) is 0. The molecule has 2 aromatic carbocycles. The summed E-state index contributed by atoms with van der Waals surface area (Å²) in [4.78, 5) is 64.7. The van der Waals surface area contributed by atoms with Crippen molar-refractivity contribution in [3.63, 3.8) is 0 Å². The highest BCUT2D eigenvalue weighted by molar-refractivity contribution is 6.37. The molecule has 76 heavy (non-hydrogen) atoms. The van der Waals surface area contributed by atoms with Gasteiger partial charge in [-0.25, -0.2) is 28.6 Å². The quantitative estimate of drug-likeness (QED) is 0.0505. The van der Waals surface area contributed by atoms with E-state index in [-0.39, 0.29) is 36.2 Å². The molecule has 2 atom stereocenters. The summed E-state index contributed by atoms with van der Waals surface area (Å²) in [5.41, 5.74) is 5.51. The Labute approximate surface area is 452 Å². The maximum atomic E-state index is 13.3. The van der Waals surface area contributed by atoms with Crippen LogP contribution in [0.1, 0.15) is 125 Å². The van der Waals surface area contributed by atoms with E-state index in [1.165, 1.54) is 13.8 Å². The van der Waals surface area contributed by atoms with Crippen molar-refractivity contribution in [2.75, 3.05) is 62.4 Å². The van der Waals surface area contributed by atoms with Crippen molar-refractivity contribution in [2.24, 2.45) is 0 Å². The van der Waals surface area contributed by atoms with Gasteiger partial charge in [-0.1, -0.05) is 35.4 Å². The number of benzene rings is 2. The number of carbonyl (C=O) groups excluding carboxylic acids is 4. The average molecular weight is 1080 g/mol. The summed E-state index contributed by atoms with van der Waals surface area (Å²) in [7, 11) is 0. The Morgan fingerprint density at radius 1 is 0.658 bits per heavy atom. The highest BCUT2D eigenvalue weighted by Crippen LogP contribution is 2.48. The number of hydrogen-bond acceptors (Lipinski definition) is 16. The summed E-state index contributed by atoms with van der Waals surface area (Å²) < 4.78 is 38.3. The Bertz CT molecular complexity index is 3030. The van der Waals surface area contributed by atoms with Crippen molar-refractivity contribution >= 4 is 69.4 Å². The molecule has 8 rings (SSSR count). The van der Waals surface area contributed by atoms with Crippen molar-refractivity contribution in [3.8, 4) is 34.0 Å². The van der Waals surface area contributed by atoms with Crippen molar-refractivity contribution < 1.29 is 47.6 Å². The van der Waals surface area contributed by atoms with Gasteiger partial charge in [-0.2, -0.15) is 10.2 Å². The predicted octanol–water partition coefficient (Wildman–Crippen LogP) is 10.7. The molecule has 2 aliphatic rings. The molecule has 0 fully saturated rings. The van der Waals surface area contributed by atoms with Crippen molar-refractivity contribution in [2.45, 2.75) is 106 Å². The molecule has 4 aromatic heterocycles. The lowest BCUT2D eigenvalue weighted by Gasteiger charge is -2.32. The number of esters is 2. The summed E-state index contributed by atoms with van der Waals surface area (Å²) in [5, 5.41) is 9.95. The number of halogens is 2. The standard InChI is InChI=1S/2C28H33ClN4O5/c2*1-8-12-32-13-14-37-20-11-10-18(23(29)25(20)32)24-22(26(27(35)36-9-2)38-28(5,6)7)16(3)30-21-15-19(17(4)34)31-33(21)24/h2*8,10-11,15,26H,1,9,12-14H2,2-7H3/t2*26-/m00/s1. The van der Waals surface area contributed by atoms with Crippen LogP contribution in [0, 0.1) is 13.8 Å². The van der Waals surface area contributed by atoms with Gasteiger partial charge in [-0.05, 0) is 93.5 Å². The highest BCUT2D eigenvalue weighted by Gasteiger charge is 2.38. The van der Waals surface area contributed by atoms with Gasteiger partial charge in [0, 0.05) is 72.7 Å². The lowest BCUT2D eigenvalue weighted by molar-refractivity contribution is -0.167. The molecule has 0 bridgehead atoms. The van der Waals surface area contributed by atoms with Gasteiger partial charge in [0.2, 0.25) is 0 Å². The third-order valence-corrected chi connectivity index (χ3v) is 12.9. The minimum absolute atomic E-state index is 0.177. The number of fused-ring (bicyclic) bond motifs is 4. The van der Waals surface area contributed by atoms with Gasteiger partial charge in [0.1, 0.15) is 36.1 Å². The Kier molecular flexibility index (Phi) is 17.3. The normalized spacial score (nSPS) is 14.1. The second-order valence-electron chi connectivity index (χ2n) is 20.1. The van der Waals surface area contributed by atoms with E-state index in [2.05, 4.69) is 43.1 Å². The van der Waals surface area contributed by atoms with Crippen LogP contribution in [-0.2, 0) is 28.5 Å². The van der Waals surface area contributed by atoms with Gasteiger partial charge in [0.25, 0.3) is 0 Å². The zero-order valence-electron chi connectivity index (χ0n) is 45.3. The maximum Gasteiger partial charge on any atom is 0.340 e. The van der Waals surface area contributed by atoms with Crippen molar-refractivity contribution in [1.82, 2.24) is 29.2 Å². The molecule has 6 aromatic rings. The largest absolute Gasteiger partial charge is 0.490 e. The van der Waals surface area contributed by atoms with Crippen LogP contribution in [0.2, 0.25) is 10.0 Å². The number of ether oxygens (including phenoxy) is 6. The van der Waals surface area contributed by atoms with Crippen LogP contribution < -0.4 is 19.3 Å². The molecule has 0 spiro atoms. The van der Waals surface area contributed by atoms with Gasteiger partial charge in [0.15, 0.2) is 35.1 Å². The molecule has 2 aliphatic heterocycles. The average Bonchev–Trinajstić information content (AvgIpc) is 4.00. The predicted molar refractivity (Wildman–Crippen MR) is 293 cm³/mol. The van der Waals surface area contributed by atoms with E-state index in [9.17, 15) is 19.2 Å². The number of rotatable bonds is 16. The maximum absolute atomic E-state index is 13.3. The molecule has 0 radical (unpaired) electrons. The van der Waals surface area contributed by atoms with Crippen LogP contribution in [0.3, 0.4) is 0 Å². The number of aromatic nitrogens is 6. The van der Waals surface area contributed by atoms with Gasteiger partial charge in [-0.3, -0.25) is 9.59 Å². The molecule has 0 saturated heterocycles. The van der Waals surface area contributed by atoms with Gasteiger partial charge >= 0.3 is 11.9 Å². The Hall–Kier alpha value is -6.86. The Morgan fingerprint density at radius 2 is 1.03 bits per heavy atom. The fourth-order valence-corrected chi connectivity index (χ4v) is 9.79. The minimum atomic E-state index is -1.13. The second kappa shape index (κ2) is 23.2. The van der Waals surface area contributed by atoms with E-state index < -0.39 is 35.3 Å². The number of ketones is 2. The van der Waals surface area contributed by atoms with E-state index in [0.29, 0.717) is 129 Å². The SMILES string of the molecule is C=CCN1CCOc2ccc(-c3c([C@H](OC(C)(C)C)C(=O)OCC)c(C)nc4cc(C(C)=O)nn34)c(Cl)c21.C=CCN1CCOc2ccc(-c3c([C@H](OC(C)(C)C)C(=O)OCC)c(C)nc4cc(C(C)=O)nn34)c(Cl)c21. The summed E-state index contributed by atoms with van der Waals surface area (Å²) in [6, 6.07) is 10.6. The summed E-state index contributed by atoms with van der Waals surface area (Å²) in [6.07, 6.45) is 1.36. The molecule has 0 amide bonds. The molecule has 18 nitrogen and oxygen atoms in total. The lowest BCUT2D eigenvalue weighted by Crippen LogP contribution is -2.33. The van der Waals surface area contributed by atoms with Gasteiger partial charge in [0.05, 0.1) is 70.3 Å². The van der Waals surface area contributed by atoms with Crippen molar-refractivity contribution in [3.05, 3.63) is 106 Å². The summed E-state index contributed by atoms with van der Waals surface area (Å²) >= 11 is 14.2. The molecule has 0 saturated carbocycles. The molecule has 0 aliphatic carbocycles. The van der Waals surface area contributed by atoms with E-state index in [1.807, 2.05) is 65.8 Å². The third-order valence-electron chi connectivity index (χ3n) is 12.1. The smallest absolute Gasteiger partial charge is 0.340 e. The molecule has 6 heterocycles. The van der Waals surface area contributed by atoms with Crippen LogP contribution in [0.15, 0.2) is 61.7 Å². The van der Waals surface area contributed by atoms with Crippen LogP contribution >= 0.6 is 23.2 Å². The molecular weight excluding hydrogens is 1020 g/mol. The lowest BCUT2D eigenvalue weighted by atomic mass is 9.97. The zero-order chi connectivity index (χ0) is 55.6. The minimum Gasteiger partial charge on any atom is -0.490 e. The van der Waals surface area contributed by atoms with Gasteiger partial charge < -0.3 is 38.2 Å². The summed E-state index contributed by atoms with van der Waals surface area (Å²) in [5.74, 6) is -0.247. The van der Waals surface area contributed by atoms with E-state index >= 15 is 0 Å². The number of carbonyl (C=O) groups is 4. The fourth-order valence-electron chi connectivity index (χ4n) is 9.06. The molecular formula is C56H66Cl2N8O10. The molecule has 404 valence electrons. The highest BCUT2D eigenvalue weighted by atomic mass is 35.5. The first-order chi connectivity index (χ1) is 35.9. The molecule has 20 heteroatoms.